The van der Waals surface area contributed by atoms with Gasteiger partial charge in [0, 0.05) is 14.7 Å². The summed E-state index contributed by atoms with van der Waals surface area (Å²) in [5.74, 6) is -0.714. The second-order valence-electron chi connectivity index (χ2n) is 4.73. The van der Waals surface area contributed by atoms with Gasteiger partial charge in [-0.2, -0.15) is 0 Å². The summed E-state index contributed by atoms with van der Waals surface area (Å²) >= 11 is 5.10. The van der Waals surface area contributed by atoms with Gasteiger partial charge in [-0.3, -0.25) is 9.69 Å². The van der Waals surface area contributed by atoms with Gasteiger partial charge in [-0.25, -0.2) is 0 Å². The average Bonchev–Trinajstić information content (AvgIpc) is 2.60. The van der Waals surface area contributed by atoms with E-state index in [0.717, 1.165) is 22.4 Å². The van der Waals surface area contributed by atoms with E-state index in [4.69, 9.17) is 5.11 Å². The molecular weight excluding hydrogens is 314 g/mol. The Kier molecular flexibility index (Phi) is 5.21. The molecule has 2 heterocycles. The molecule has 3 nitrogen and oxygen atoms in total. The fourth-order valence-electron chi connectivity index (χ4n) is 2.48. The summed E-state index contributed by atoms with van der Waals surface area (Å²) in [6.07, 6.45) is 5.10. The lowest BCUT2D eigenvalue weighted by atomic mass is 10.1. The molecule has 1 unspecified atom stereocenters. The molecule has 1 N–H and O–H groups in total. The predicted octanol–water partition coefficient (Wildman–Crippen LogP) is 3.90. The lowest BCUT2D eigenvalue weighted by Gasteiger charge is -2.28. The molecule has 1 aromatic heterocycles. The van der Waals surface area contributed by atoms with Crippen LogP contribution in [0.1, 0.15) is 43.0 Å². The van der Waals surface area contributed by atoms with Crippen LogP contribution in [-0.2, 0) is 4.79 Å². The van der Waals surface area contributed by atoms with Gasteiger partial charge < -0.3 is 5.11 Å². The summed E-state index contributed by atoms with van der Waals surface area (Å²) < 4.78 is 1.05. The number of nitrogens with zero attached hydrogens (tertiary/aromatic N) is 1. The minimum atomic E-state index is -0.714. The fourth-order valence-corrected chi connectivity index (χ4v) is 4.06. The van der Waals surface area contributed by atoms with Gasteiger partial charge in [0.15, 0.2) is 0 Å². The molecule has 1 aromatic rings. The summed E-state index contributed by atoms with van der Waals surface area (Å²) in [7, 11) is 0. The van der Waals surface area contributed by atoms with Crippen molar-refractivity contribution in [3.05, 3.63) is 20.8 Å². The Labute approximate surface area is 120 Å². The van der Waals surface area contributed by atoms with Gasteiger partial charge in [0.2, 0.25) is 0 Å². The van der Waals surface area contributed by atoms with Gasteiger partial charge in [0.1, 0.15) is 0 Å². The minimum Gasteiger partial charge on any atom is -0.481 e. The Hall–Kier alpha value is -0.390. The first-order valence-electron chi connectivity index (χ1n) is 6.36. The smallest absolute Gasteiger partial charge is 0.305 e. The number of carboxylic acids is 1. The number of hydrogen-bond donors (Lipinski definition) is 1. The Balaban J connectivity index is 2.15. The monoisotopic (exact) mass is 331 g/mol. The van der Waals surface area contributed by atoms with E-state index in [1.165, 1.54) is 25.7 Å². The van der Waals surface area contributed by atoms with Crippen molar-refractivity contribution in [3.8, 4) is 0 Å². The maximum Gasteiger partial charge on any atom is 0.305 e. The predicted molar refractivity (Wildman–Crippen MR) is 77.1 cm³/mol. The number of aliphatic carboxylic acids is 1. The van der Waals surface area contributed by atoms with E-state index in [1.807, 2.05) is 5.38 Å². The molecule has 1 atom stereocenters. The molecule has 100 valence electrons. The van der Waals surface area contributed by atoms with Crippen molar-refractivity contribution in [2.45, 2.75) is 38.1 Å². The van der Waals surface area contributed by atoms with Gasteiger partial charge in [0.05, 0.1) is 12.5 Å². The molecule has 5 heteroatoms. The van der Waals surface area contributed by atoms with Crippen LogP contribution in [0.3, 0.4) is 0 Å². The van der Waals surface area contributed by atoms with Crippen LogP contribution in [0.5, 0.6) is 0 Å². The van der Waals surface area contributed by atoms with E-state index >= 15 is 0 Å². The lowest BCUT2D eigenvalue weighted by molar-refractivity contribution is -0.138. The van der Waals surface area contributed by atoms with Gasteiger partial charge in [-0.1, -0.05) is 12.8 Å². The largest absolute Gasteiger partial charge is 0.481 e. The number of carboxylic acid groups (broad SMARTS) is 1. The summed E-state index contributed by atoms with van der Waals surface area (Å²) in [5.41, 5.74) is 0. The molecule has 18 heavy (non-hydrogen) atoms. The van der Waals surface area contributed by atoms with Crippen molar-refractivity contribution < 1.29 is 9.90 Å². The molecule has 0 amide bonds. The van der Waals surface area contributed by atoms with Gasteiger partial charge in [-0.15, -0.1) is 11.3 Å². The normalized spacial score (nSPS) is 19.4. The van der Waals surface area contributed by atoms with Crippen molar-refractivity contribution in [2.75, 3.05) is 13.1 Å². The highest BCUT2D eigenvalue weighted by atomic mass is 79.9. The third kappa shape index (κ3) is 3.80. The third-order valence-electron chi connectivity index (χ3n) is 3.37. The first kappa shape index (κ1) is 14.0. The number of halogens is 1. The zero-order chi connectivity index (χ0) is 13.0. The van der Waals surface area contributed by atoms with E-state index in [2.05, 4.69) is 26.9 Å². The first-order valence-corrected chi connectivity index (χ1v) is 8.04. The zero-order valence-electron chi connectivity index (χ0n) is 10.3. The maximum atomic E-state index is 11.1. The van der Waals surface area contributed by atoms with Crippen LogP contribution in [0.15, 0.2) is 15.9 Å². The van der Waals surface area contributed by atoms with Crippen LogP contribution in [0.2, 0.25) is 0 Å². The molecule has 0 saturated carbocycles. The van der Waals surface area contributed by atoms with E-state index in [-0.39, 0.29) is 12.5 Å². The molecule has 1 saturated heterocycles. The average molecular weight is 332 g/mol. The Morgan fingerprint density at radius 2 is 2.06 bits per heavy atom. The molecule has 0 radical (unpaired) electrons. The molecule has 0 spiro atoms. The molecule has 2 rings (SSSR count). The van der Waals surface area contributed by atoms with Crippen molar-refractivity contribution in [1.82, 2.24) is 4.90 Å². The summed E-state index contributed by atoms with van der Waals surface area (Å²) in [4.78, 5) is 14.6. The lowest BCUT2D eigenvalue weighted by Crippen LogP contribution is -2.30. The van der Waals surface area contributed by atoms with E-state index in [0.29, 0.717) is 0 Å². The van der Waals surface area contributed by atoms with Crippen LogP contribution < -0.4 is 0 Å². The molecule has 0 bridgehead atoms. The molecule has 1 aliphatic rings. The maximum absolute atomic E-state index is 11.1. The SMILES string of the molecule is O=C(O)CC(c1cc(Br)cs1)N1CCCCCC1. The Morgan fingerprint density at radius 1 is 1.39 bits per heavy atom. The summed E-state index contributed by atoms with van der Waals surface area (Å²) in [6, 6.07) is 2.10. The van der Waals surface area contributed by atoms with E-state index in [9.17, 15) is 4.79 Å². The quantitative estimate of drug-likeness (QED) is 0.909. The van der Waals surface area contributed by atoms with Crippen LogP contribution in [0, 0.1) is 0 Å². The molecule has 1 fully saturated rings. The van der Waals surface area contributed by atoms with Crippen molar-refractivity contribution >= 4 is 33.2 Å². The Morgan fingerprint density at radius 3 is 2.56 bits per heavy atom. The molecule has 0 aromatic carbocycles. The van der Waals surface area contributed by atoms with Gasteiger partial charge in [0.25, 0.3) is 0 Å². The minimum absolute atomic E-state index is 0.0388. The highest BCUT2D eigenvalue weighted by Crippen LogP contribution is 2.33. The highest BCUT2D eigenvalue weighted by Gasteiger charge is 2.25. The van der Waals surface area contributed by atoms with Crippen molar-refractivity contribution in [2.24, 2.45) is 0 Å². The van der Waals surface area contributed by atoms with E-state index in [1.54, 1.807) is 11.3 Å². The van der Waals surface area contributed by atoms with Crippen molar-refractivity contribution in [3.63, 3.8) is 0 Å². The second-order valence-corrected chi connectivity index (χ2v) is 6.59. The third-order valence-corrected chi connectivity index (χ3v) is 5.16. The van der Waals surface area contributed by atoms with Gasteiger partial charge in [-0.05, 0) is 47.9 Å². The number of likely N-dealkylation sites (tertiary alicyclic amines) is 1. The van der Waals surface area contributed by atoms with Crippen LogP contribution in [-0.4, -0.2) is 29.1 Å². The first-order chi connectivity index (χ1) is 8.66. The number of thiophene rings is 1. The highest BCUT2D eigenvalue weighted by molar-refractivity contribution is 9.10. The zero-order valence-corrected chi connectivity index (χ0v) is 12.7. The molecular formula is C13H18BrNO2S. The molecule has 1 aliphatic heterocycles. The fraction of sp³-hybridized carbons (Fsp3) is 0.615. The Bertz CT molecular complexity index is 399. The van der Waals surface area contributed by atoms with Crippen LogP contribution >= 0.6 is 27.3 Å². The van der Waals surface area contributed by atoms with E-state index < -0.39 is 5.97 Å². The number of rotatable bonds is 4. The summed E-state index contributed by atoms with van der Waals surface area (Å²) in [6.45, 7) is 2.04. The summed E-state index contributed by atoms with van der Waals surface area (Å²) in [5, 5.41) is 11.1. The van der Waals surface area contributed by atoms with Crippen LogP contribution in [0.25, 0.3) is 0 Å². The van der Waals surface area contributed by atoms with Crippen LogP contribution in [0.4, 0.5) is 0 Å². The topological polar surface area (TPSA) is 40.5 Å². The second kappa shape index (κ2) is 6.68. The van der Waals surface area contributed by atoms with Crippen molar-refractivity contribution in [1.29, 1.82) is 0 Å². The van der Waals surface area contributed by atoms with Gasteiger partial charge >= 0.3 is 5.97 Å². The number of carbonyl (C=O) groups is 1. The standard InChI is InChI=1S/C13H18BrNO2S/c14-10-7-12(18-9-10)11(8-13(16)17)15-5-3-1-2-4-6-15/h7,9,11H,1-6,8H2,(H,16,17). The number of hydrogen-bond acceptors (Lipinski definition) is 3. The molecule has 0 aliphatic carbocycles.